The van der Waals surface area contributed by atoms with E-state index in [1.165, 1.54) is 40.8 Å². The maximum absolute atomic E-state index is 14.8. The van der Waals surface area contributed by atoms with E-state index in [9.17, 15) is 4.39 Å². The molecule has 150 valence electrons. The first-order valence-electron chi connectivity index (χ1n) is 10.9. The van der Waals surface area contributed by atoms with Gasteiger partial charge in [0.1, 0.15) is 5.83 Å². The van der Waals surface area contributed by atoms with Gasteiger partial charge in [-0.3, -0.25) is 4.99 Å². The summed E-state index contributed by atoms with van der Waals surface area (Å²) in [5, 5.41) is 0. The predicted molar refractivity (Wildman–Crippen MR) is 118 cm³/mol. The van der Waals surface area contributed by atoms with Gasteiger partial charge < -0.3 is 4.90 Å². The van der Waals surface area contributed by atoms with Gasteiger partial charge in [0.15, 0.2) is 0 Å². The third kappa shape index (κ3) is 2.94. The molecular weight excluding hydrogens is 359 g/mol. The van der Waals surface area contributed by atoms with Crippen LogP contribution in [0.4, 0.5) is 4.39 Å². The van der Waals surface area contributed by atoms with Crippen LogP contribution in [-0.4, -0.2) is 17.2 Å². The van der Waals surface area contributed by atoms with Gasteiger partial charge in [0.05, 0.1) is 18.0 Å². The number of allylic oxidation sites excluding steroid dienone is 9. The molecule has 0 aromatic heterocycles. The van der Waals surface area contributed by atoms with E-state index < -0.39 is 0 Å². The van der Waals surface area contributed by atoms with E-state index in [-0.39, 0.29) is 5.83 Å². The fourth-order valence-corrected chi connectivity index (χ4v) is 5.38. The average Bonchev–Trinajstić information content (AvgIpc) is 3.07. The molecule has 1 fully saturated rings. The number of rotatable bonds is 0. The van der Waals surface area contributed by atoms with Gasteiger partial charge in [-0.2, -0.15) is 0 Å². The van der Waals surface area contributed by atoms with Crippen molar-refractivity contribution >= 4 is 5.71 Å². The highest BCUT2D eigenvalue weighted by molar-refractivity contribution is 6.17. The van der Waals surface area contributed by atoms with Crippen LogP contribution in [0.15, 0.2) is 86.7 Å². The molecule has 2 nitrogen and oxygen atoms in total. The van der Waals surface area contributed by atoms with E-state index in [2.05, 4.69) is 31.1 Å². The Hall–Kier alpha value is -2.42. The molecule has 3 heteroatoms. The van der Waals surface area contributed by atoms with Gasteiger partial charge in [-0.05, 0) is 91.4 Å². The quantitative estimate of drug-likeness (QED) is 0.443. The van der Waals surface area contributed by atoms with Crippen molar-refractivity contribution in [3.63, 3.8) is 0 Å². The molecule has 3 aliphatic heterocycles. The second kappa shape index (κ2) is 6.83. The van der Waals surface area contributed by atoms with Crippen molar-refractivity contribution in [2.24, 2.45) is 10.9 Å². The van der Waals surface area contributed by atoms with Crippen LogP contribution in [-0.2, 0) is 0 Å². The summed E-state index contributed by atoms with van der Waals surface area (Å²) in [4.78, 5) is 7.32. The summed E-state index contributed by atoms with van der Waals surface area (Å²) in [7, 11) is 0. The van der Waals surface area contributed by atoms with E-state index in [1.54, 1.807) is 6.08 Å². The summed E-state index contributed by atoms with van der Waals surface area (Å²) in [5.41, 5.74) is 11.4. The zero-order valence-electron chi connectivity index (χ0n) is 17.6. The van der Waals surface area contributed by atoms with E-state index >= 15 is 0 Å². The number of halogens is 1. The first-order chi connectivity index (χ1) is 13.9. The van der Waals surface area contributed by atoms with E-state index in [4.69, 9.17) is 4.99 Å². The zero-order valence-corrected chi connectivity index (χ0v) is 17.6. The second-order valence-electron chi connectivity index (χ2n) is 9.07. The van der Waals surface area contributed by atoms with Gasteiger partial charge in [-0.1, -0.05) is 25.7 Å². The summed E-state index contributed by atoms with van der Waals surface area (Å²) in [6.07, 6.45) is 11.2. The summed E-state index contributed by atoms with van der Waals surface area (Å²) < 4.78 is 14.8. The number of fused-ring (bicyclic) bond motifs is 5. The molecule has 0 aromatic rings. The third-order valence-electron chi connectivity index (χ3n) is 7.26. The van der Waals surface area contributed by atoms with E-state index in [1.807, 2.05) is 6.92 Å². The van der Waals surface area contributed by atoms with Crippen molar-refractivity contribution in [2.75, 3.05) is 6.54 Å². The van der Waals surface area contributed by atoms with E-state index in [0.29, 0.717) is 11.5 Å². The Morgan fingerprint density at radius 2 is 1.93 bits per heavy atom. The van der Waals surface area contributed by atoms with Crippen molar-refractivity contribution in [1.82, 2.24) is 4.90 Å². The van der Waals surface area contributed by atoms with Crippen LogP contribution in [0.25, 0.3) is 0 Å². The van der Waals surface area contributed by atoms with Crippen LogP contribution in [0.1, 0.15) is 58.8 Å². The lowest BCUT2D eigenvalue weighted by Crippen LogP contribution is -2.26. The van der Waals surface area contributed by atoms with Gasteiger partial charge in [-0.25, -0.2) is 4.39 Å². The molecule has 2 bridgehead atoms. The third-order valence-corrected chi connectivity index (χ3v) is 7.26. The molecule has 29 heavy (non-hydrogen) atoms. The van der Waals surface area contributed by atoms with Gasteiger partial charge in [0.25, 0.3) is 0 Å². The highest BCUT2D eigenvalue weighted by Gasteiger charge is 2.39. The second-order valence-corrected chi connectivity index (χ2v) is 9.07. The normalized spacial score (nSPS) is 29.1. The number of dihydropyridines is 1. The summed E-state index contributed by atoms with van der Waals surface area (Å²) in [6.45, 7) is 13.6. The number of aliphatic imine (C=N–C) groups is 1. The Labute approximate surface area is 173 Å². The molecule has 1 unspecified atom stereocenters. The van der Waals surface area contributed by atoms with Crippen molar-refractivity contribution in [3.05, 3.63) is 81.7 Å². The maximum Gasteiger partial charge on any atom is 0.128 e. The number of hydrogen-bond donors (Lipinski definition) is 0. The molecule has 0 spiro atoms. The number of hydrogen-bond acceptors (Lipinski definition) is 2. The summed E-state index contributed by atoms with van der Waals surface area (Å²) in [5.74, 6) is 0.373. The molecule has 0 amide bonds. The van der Waals surface area contributed by atoms with Crippen LogP contribution < -0.4 is 0 Å². The fourth-order valence-electron chi connectivity index (χ4n) is 5.38. The smallest absolute Gasteiger partial charge is 0.128 e. The van der Waals surface area contributed by atoms with Crippen molar-refractivity contribution in [3.8, 4) is 0 Å². The molecule has 0 N–H and O–H groups in total. The molecule has 0 saturated carbocycles. The average molecular weight is 389 g/mol. The molecule has 1 saturated heterocycles. The molecule has 1 atom stereocenters. The Morgan fingerprint density at radius 3 is 2.76 bits per heavy atom. The molecular formula is C26H29FN2. The molecule has 2 aliphatic carbocycles. The van der Waals surface area contributed by atoms with Gasteiger partial charge >= 0.3 is 0 Å². The van der Waals surface area contributed by atoms with Crippen molar-refractivity contribution < 1.29 is 4.39 Å². The highest BCUT2D eigenvalue weighted by atomic mass is 19.1. The van der Waals surface area contributed by atoms with Crippen LogP contribution in [0.2, 0.25) is 0 Å². The van der Waals surface area contributed by atoms with E-state index in [0.717, 1.165) is 61.3 Å². The zero-order chi connectivity index (χ0) is 20.3. The molecule has 5 aliphatic rings. The van der Waals surface area contributed by atoms with Crippen molar-refractivity contribution in [1.29, 1.82) is 0 Å². The van der Waals surface area contributed by atoms with Gasteiger partial charge in [0.2, 0.25) is 0 Å². The first-order valence-corrected chi connectivity index (χ1v) is 10.9. The minimum absolute atomic E-state index is 0.193. The van der Waals surface area contributed by atoms with Gasteiger partial charge in [0, 0.05) is 17.8 Å². The van der Waals surface area contributed by atoms with Crippen LogP contribution in [0.3, 0.4) is 0 Å². The molecule has 0 aromatic carbocycles. The predicted octanol–water partition coefficient (Wildman–Crippen LogP) is 6.84. The molecule has 0 radical (unpaired) electrons. The first kappa shape index (κ1) is 18.6. The molecule has 3 heterocycles. The van der Waals surface area contributed by atoms with Crippen LogP contribution in [0, 0.1) is 5.92 Å². The van der Waals surface area contributed by atoms with Crippen molar-refractivity contribution in [2.45, 2.75) is 58.8 Å². The molecule has 5 rings (SSSR count). The minimum Gasteiger partial charge on any atom is -0.335 e. The Bertz CT molecular complexity index is 1020. The summed E-state index contributed by atoms with van der Waals surface area (Å²) in [6, 6.07) is 0. The lowest BCUT2D eigenvalue weighted by atomic mass is 9.80. The monoisotopic (exact) mass is 388 g/mol. The van der Waals surface area contributed by atoms with Crippen LogP contribution >= 0.6 is 0 Å². The Balaban J connectivity index is 1.64. The summed E-state index contributed by atoms with van der Waals surface area (Å²) >= 11 is 0. The number of nitrogens with zero attached hydrogens (tertiary/aromatic N) is 2. The van der Waals surface area contributed by atoms with Crippen LogP contribution in [0.5, 0.6) is 0 Å². The maximum atomic E-state index is 14.8. The SMILES string of the molecule is C=C1CCCC2=C3CN4C(=C)C5=C(C=C4C3=N/C(=C/C(F)=C1C)C2)C(C)CCC5. The lowest BCUT2D eigenvalue weighted by molar-refractivity contribution is 0.469. The standard InChI is InChI=1S/C26H29FN2/c1-15-7-5-9-19-11-20(12-24(27)17(15)3)28-26-23(19)14-29-18(4)21-10-6-8-16(2)22(21)13-25(26)29/h12-13,16H,1,4-11,14H2,2-3H3/b20-12+,24-17?. The minimum atomic E-state index is -0.193. The topological polar surface area (TPSA) is 15.6 Å². The highest BCUT2D eigenvalue weighted by Crippen LogP contribution is 2.46. The Kier molecular flexibility index (Phi) is 4.38. The lowest BCUT2D eigenvalue weighted by Gasteiger charge is -2.35. The van der Waals surface area contributed by atoms with Gasteiger partial charge in [-0.15, -0.1) is 0 Å². The largest absolute Gasteiger partial charge is 0.335 e. The Morgan fingerprint density at radius 1 is 1.10 bits per heavy atom. The fraction of sp³-hybridized carbons (Fsp3) is 0.423.